The molecule has 1 rings (SSSR count). The van der Waals surface area contributed by atoms with Crippen molar-refractivity contribution in [3.63, 3.8) is 0 Å². The Bertz CT molecular complexity index is 439. The Kier molecular flexibility index (Phi) is 3.79. The largest absolute Gasteiger partial charge is 0.465 e. The van der Waals surface area contributed by atoms with Gasteiger partial charge in [-0.05, 0) is 12.1 Å². The van der Waals surface area contributed by atoms with Gasteiger partial charge in [-0.2, -0.15) is 0 Å². The average molecular weight is 239 g/mol. The molecule has 0 saturated heterocycles. The van der Waals surface area contributed by atoms with Crippen molar-refractivity contribution in [1.82, 2.24) is 0 Å². The van der Waals surface area contributed by atoms with Crippen molar-refractivity contribution in [3.05, 3.63) is 35.4 Å². The van der Waals surface area contributed by atoms with Gasteiger partial charge in [-0.3, -0.25) is 17.2 Å². The topological polar surface area (TPSA) is 131 Å². The molecule has 0 heterocycles. The minimum Gasteiger partial charge on any atom is -0.465 e. The van der Waals surface area contributed by atoms with E-state index in [1.165, 1.54) is 19.2 Å². The summed E-state index contributed by atoms with van der Waals surface area (Å²) in [6.07, 6.45) is 0. The second-order valence-corrected chi connectivity index (χ2v) is 3.28. The summed E-state index contributed by atoms with van der Waals surface area (Å²) in [6, 6.07) is 5.91. The molecule has 1 aromatic carbocycles. The summed E-state index contributed by atoms with van der Waals surface area (Å²) in [4.78, 5) is 23.0. The standard InChI is InChI=1S/C10H13N3O4/c1-16-8(14)6-4-2-3-5-7(6)9(15)17-10(11,12)13/h2-5H,11-13H2,1H3. The molecule has 17 heavy (non-hydrogen) atoms. The molecule has 6 N–H and O–H groups in total. The zero-order valence-electron chi connectivity index (χ0n) is 9.17. The Morgan fingerprint density at radius 3 is 1.94 bits per heavy atom. The molecule has 0 saturated carbocycles. The predicted octanol–water partition coefficient (Wildman–Crippen LogP) is -0.883. The van der Waals surface area contributed by atoms with Crippen LogP contribution in [0.5, 0.6) is 0 Å². The molecule has 0 unspecified atom stereocenters. The van der Waals surface area contributed by atoms with E-state index in [1.54, 1.807) is 12.1 Å². The summed E-state index contributed by atoms with van der Waals surface area (Å²) in [6.45, 7) is 0. The van der Waals surface area contributed by atoms with Crippen LogP contribution < -0.4 is 17.2 Å². The molecule has 92 valence electrons. The van der Waals surface area contributed by atoms with Gasteiger partial charge in [0.25, 0.3) is 5.97 Å². The van der Waals surface area contributed by atoms with E-state index >= 15 is 0 Å². The molecular weight excluding hydrogens is 226 g/mol. The molecule has 0 fully saturated rings. The molecule has 0 aliphatic heterocycles. The highest BCUT2D eigenvalue weighted by atomic mass is 16.6. The summed E-state index contributed by atoms with van der Waals surface area (Å²) >= 11 is 0. The zero-order valence-corrected chi connectivity index (χ0v) is 9.17. The molecule has 0 aliphatic rings. The van der Waals surface area contributed by atoms with E-state index in [0.29, 0.717) is 0 Å². The van der Waals surface area contributed by atoms with Crippen LogP contribution in [0.2, 0.25) is 0 Å². The number of benzene rings is 1. The van der Waals surface area contributed by atoms with Gasteiger partial charge >= 0.3 is 11.9 Å². The molecule has 0 aliphatic carbocycles. The van der Waals surface area contributed by atoms with Gasteiger partial charge in [-0.25, -0.2) is 9.59 Å². The Morgan fingerprint density at radius 2 is 1.53 bits per heavy atom. The van der Waals surface area contributed by atoms with Gasteiger partial charge in [0.1, 0.15) is 0 Å². The fourth-order valence-electron chi connectivity index (χ4n) is 1.16. The number of hydrogen-bond acceptors (Lipinski definition) is 7. The van der Waals surface area contributed by atoms with E-state index in [-0.39, 0.29) is 11.1 Å². The lowest BCUT2D eigenvalue weighted by Crippen LogP contribution is -2.61. The first-order valence-corrected chi connectivity index (χ1v) is 4.62. The number of ether oxygens (including phenoxy) is 2. The third-order valence-electron chi connectivity index (χ3n) is 1.82. The van der Waals surface area contributed by atoms with E-state index < -0.39 is 17.9 Å². The van der Waals surface area contributed by atoms with Crippen LogP contribution in [-0.2, 0) is 9.47 Å². The normalized spacial score (nSPS) is 10.8. The second-order valence-electron chi connectivity index (χ2n) is 3.28. The molecule has 0 amide bonds. The zero-order chi connectivity index (χ0) is 13.1. The number of rotatable bonds is 3. The fourth-order valence-corrected chi connectivity index (χ4v) is 1.16. The van der Waals surface area contributed by atoms with Crippen LogP contribution in [0, 0.1) is 0 Å². The highest BCUT2D eigenvalue weighted by molar-refractivity contribution is 6.03. The van der Waals surface area contributed by atoms with E-state index in [2.05, 4.69) is 9.47 Å². The third kappa shape index (κ3) is 3.52. The van der Waals surface area contributed by atoms with E-state index in [4.69, 9.17) is 17.2 Å². The van der Waals surface area contributed by atoms with E-state index in [9.17, 15) is 9.59 Å². The quantitative estimate of drug-likeness (QED) is 0.461. The van der Waals surface area contributed by atoms with Crippen molar-refractivity contribution < 1.29 is 19.1 Å². The molecule has 0 spiro atoms. The predicted molar refractivity (Wildman–Crippen MR) is 58.5 cm³/mol. The summed E-state index contributed by atoms with van der Waals surface area (Å²) in [5.41, 5.74) is 15.4. The van der Waals surface area contributed by atoms with Gasteiger partial charge in [0.2, 0.25) is 0 Å². The molecule has 0 radical (unpaired) electrons. The van der Waals surface area contributed by atoms with Crippen LogP contribution in [0.1, 0.15) is 20.7 Å². The van der Waals surface area contributed by atoms with Crippen LogP contribution in [0.4, 0.5) is 0 Å². The number of hydrogen-bond donors (Lipinski definition) is 3. The van der Waals surface area contributed by atoms with Gasteiger partial charge < -0.3 is 9.47 Å². The molecule has 0 aromatic heterocycles. The van der Waals surface area contributed by atoms with Crippen molar-refractivity contribution in [2.75, 3.05) is 7.11 Å². The molecule has 7 heteroatoms. The number of carbonyl (C=O) groups excluding carboxylic acids is 2. The highest BCUT2D eigenvalue weighted by Gasteiger charge is 2.23. The van der Waals surface area contributed by atoms with Gasteiger partial charge in [-0.15, -0.1) is 0 Å². The minimum absolute atomic E-state index is 0.0231. The van der Waals surface area contributed by atoms with Crippen molar-refractivity contribution in [1.29, 1.82) is 0 Å². The Hall–Kier alpha value is -1.96. The Labute approximate surface area is 97.5 Å². The fraction of sp³-hybridized carbons (Fsp3) is 0.200. The van der Waals surface area contributed by atoms with Gasteiger partial charge in [-0.1, -0.05) is 12.1 Å². The van der Waals surface area contributed by atoms with Gasteiger partial charge in [0.15, 0.2) is 0 Å². The van der Waals surface area contributed by atoms with Crippen LogP contribution in [0.25, 0.3) is 0 Å². The maximum Gasteiger partial charge on any atom is 0.342 e. The molecule has 1 aromatic rings. The SMILES string of the molecule is COC(=O)c1ccccc1C(=O)OC(N)(N)N. The van der Waals surface area contributed by atoms with Crippen molar-refractivity contribution in [2.24, 2.45) is 17.2 Å². The highest BCUT2D eigenvalue weighted by Crippen LogP contribution is 2.12. The smallest absolute Gasteiger partial charge is 0.342 e. The van der Waals surface area contributed by atoms with Crippen molar-refractivity contribution in [3.8, 4) is 0 Å². The molecular formula is C10H13N3O4. The van der Waals surface area contributed by atoms with Gasteiger partial charge in [0.05, 0.1) is 18.2 Å². The number of nitrogens with two attached hydrogens (primary N) is 3. The lowest BCUT2D eigenvalue weighted by atomic mass is 10.1. The monoisotopic (exact) mass is 239 g/mol. The van der Waals surface area contributed by atoms with Crippen LogP contribution in [-0.4, -0.2) is 25.0 Å². The van der Waals surface area contributed by atoms with E-state index in [1.807, 2.05) is 0 Å². The van der Waals surface area contributed by atoms with E-state index in [0.717, 1.165) is 0 Å². The number of carbonyl (C=O) groups is 2. The number of esters is 2. The first-order chi connectivity index (χ1) is 7.85. The lowest BCUT2D eigenvalue weighted by molar-refractivity contribution is -0.00972. The Balaban J connectivity index is 3.05. The van der Waals surface area contributed by atoms with Crippen molar-refractivity contribution >= 4 is 11.9 Å². The first-order valence-electron chi connectivity index (χ1n) is 4.62. The maximum absolute atomic E-state index is 11.6. The second kappa shape index (κ2) is 4.91. The van der Waals surface area contributed by atoms with Crippen LogP contribution >= 0.6 is 0 Å². The first kappa shape index (κ1) is 13.1. The molecule has 0 bridgehead atoms. The van der Waals surface area contributed by atoms with Crippen LogP contribution in [0.3, 0.4) is 0 Å². The van der Waals surface area contributed by atoms with Gasteiger partial charge in [0, 0.05) is 0 Å². The molecule has 7 nitrogen and oxygen atoms in total. The maximum atomic E-state index is 11.6. The average Bonchev–Trinajstić information content (AvgIpc) is 2.25. The van der Waals surface area contributed by atoms with Crippen molar-refractivity contribution in [2.45, 2.75) is 5.97 Å². The summed E-state index contributed by atoms with van der Waals surface area (Å²) in [5.74, 6) is -3.67. The Morgan fingerprint density at radius 1 is 1.06 bits per heavy atom. The third-order valence-corrected chi connectivity index (χ3v) is 1.82. The summed E-state index contributed by atoms with van der Waals surface area (Å²) < 4.78 is 9.06. The van der Waals surface area contributed by atoms with Crippen LogP contribution in [0.15, 0.2) is 24.3 Å². The summed E-state index contributed by atoms with van der Waals surface area (Å²) in [5, 5.41) is 0. The minimum atomic E-state index is -2.10. The number of methoxy groups -OCH3 is 1. The lowest BCUT2D eigenvalue weighted by Gasteiger charge is -2.19. The summed E-state index contributed by atoms with van der Waals surface area (Å²) in [7, 11) is 1.20. The molecule has 0 atom stereocenters.